The maximum Gasteiger partial charge on any atom is 0.420 e. The van der Waals surface area contributed by atoms with E-state index in [9.17, 15) is 22.0 Å². The van der Waals surface area contributed by atoms with E-state index in [2.05, 4.69) is 20.5 Å². The number of aryl methyl sites for hydroxylation is 1. The summed E-state index contributed by atoms with van der Waals surface area (Å²) in [5.74, 6) is -0.00884. The van der Waals surface area contributed by atoms with Crippen LogP contribution in [0.15, 0.2) is 65.3 Å². The molecular weight excluding hydrogens is 517 g/mol. The number of nitrogens with zero attached hydrogens (tertiary/aromatic N) is 4. The van der Waals surface area contributed by atoms with Crippen LogP contribution in [0.5, 0.6) is 0 Å². The molecule has 39 heavy (non-hydrogen) atoms. The van der Waals surface area contributed by atoms with Crippen molar-refractivity contribution in [1.82, 2.24) is 25.1 Å². The molecule has 2 aromatic heterocycles. The zero-order valence-electron chi connectivity index (χ0n) is 21.3. The smallest absolute Gasteiger partial charge is 0.420 e. The number of hydrogen-bond acceptors (Lipinski definition) is 5. The van der Waals surface area contributed by atoms with Crippen molar-refractivity contribution in [2.45, 2.75) is 32.2 Å². The zero-order valence-corrected chi connectivity index (χ0v) is 21.3. The van der Waals surface area contributed by atoms with Crippen molar-refractivity contribution in [2.75, 3.05) is 6.54 Å². The molecule has 11 heteroatoms. The number of nitrogens with one attached hydrogen (secondary N) is 1. The average molecular weight is 542 g/mol. The van der Waals surface area contributed by atoms with Crippen LogP contribution in [0.2, 0.25) is 0 Å². The number of halogens is 5. The Balaban J connectivity index is 1.56. The summed E-state index contributed by atoms with van der Waals surface area (Å²) in [5.41, 5.74) is -0.307. The van der Waals surface area contributed by atoms with Gasteiger partial charge in [-0.2, -0.15) is 13.2 Å². The van der Waals surface area contributed by atoms with Gasteiger partial charge >= 0.3 is 6.18 Å². The van der Waals surface area contributed by atoms with Crippen molar-refractivity contribution in [1.29, 1.82) is 0 Å². The fourth-order valence-corrected chi connectivity index (χ4v) is 4.33. The van der Waals surface area contributed by atoms with Crippen molar-refractivity contribution in [3.8, 4) is 34.0 Å². The molecule has 1 N–H and O–H groups in total. The van der Waals surface area contributed by atoms with Gasteiger partial charge in [-0.05, 0) is 66.9 Å². The highest BCUT2D eigenvalue weighted by Gasteiger charge is 2.35. The highest BCUT2D eigenvalue weighted by atomic mass is 19.4. The molecular formula is C28H24F5N5O. The van der Waals surface area contributed by atoms with E-state index in [1.165, 1.54) is 38.4 Å². The first-order valence-corrected chi connectivity index (χ1v) is 12.0. The second-order valence-corrected chi connectivity index (χ2v) is 9.87. The number of fused-ring (bicyclic) bond motifs is 1. The third-order valence-electron chi connectivity index (χ3n) is 6.08. The van der Waals surface area contributed by atoms with Crippen LogP contribution in [0, 0.1) is 5.82 Å². The first-order chi connectivity index (χ1) is 18.4. The van der Waals surface area contributed by atoms with Crippen LogP contribution < -0.4 is 5.32 Å². The molecule has 0 aliphatic heterocycles. The number of hydrogen-bond donors (Lipinski definition) is 1. The Kier molecular flexibility index (Phi) is 6.71. The third kappa shape index (κ3) is 5.68. The number of oxazole rings is 1. The molecule has 0 amide bonds. The van der Waals surface area contributed by atoms with E-state index >= 15 is 0 Å². The lowest BCUT2D eigenvalue weighted by Crippen LogP contribution is -2.30. The Bertz CT molecular complexity index is 1650. The van der Waals surface area contributed by atoms with Crippen LogP contribution in [-0.2, 0) is 19.8 Å². The first kappa shape index (κ1) is 26.5. The number of aromatic nitrogens is 4. The summed E-state index contributed by atoms with van der Waals surface area (Å²) in [6.07, 6.45) is -3.19. The molecule has 0 unspecified atom stereocenters. The first-order valence-electron chi connectivity index (χ1n) is 12.0. The Morgan fingerprint density at radius 1 is 0.949 bits per heavy atom. The SMILES string of the molecule is Cn1cnnc1-c1cc(F)ccc1-c1cccc(-c2nc3cc(CNCC(C)(C)F)cc(C(F)(F)F)c3o2)c1. The van der Waals surface area contributed by atoms with E-state index in [0.29, 0.717) is 33.6 Å². The van der Waals surface area contributed by atoms with E-state index in [-0.39, 0.29) is 30.1 Å². The van der Waals surface area contributed by atoms with Gasteiger partial charge in [-0.25, -0.2) is 13.8 Å². The molecule has 0 spiro atoms. The summed E-state index contributed by atoms with van der Waals surface area (Å²) in [6, 6.07) is 13.6. The second-order valence-electron chi connectivity index (χ2n) is 9.87. The molecule has 5 aromatic rings. The van der Waals surface area contributed by atoms with Gasteiger partial charge in [0.2, 0.25) is 5.89 Å². The molecule has 0 atom stereocenters. The topological polar surface area (TPSA) is 68.8 Å². The van der Waals surface area contributed by atoms with Crippen LogP contribution in [0.4, 0.5) is 22.0 Å². The monoisotopic (exact) mass is 541 g/mol. The van der Waals surface area contributed by atoms with E-state index in [4.69, 9.17) is 4.42 Å². The van der Waals surface area contributed by atoms with Crippen LogP contribution in [0.25, 0.3) is 45.1 Å². The molecule has 0 bridgehead atoms. The molecule has 0 saturated heterocycles. The van der Waals surface area contributed by atoms with Gasteiger partial charge in [-0.3, -0.25) is 0 Å². The minimum Gasteiger partial charge on any atom is -0.435 e. The summed E-state index contributed by atoms with van der Waals surface area (Å²) in [7, 11) is 1.74. The van der Waals surface area contributed by atoms with Gasteiger partial charge < -0.3 is 14.3 Å². The van der Waals surface area contributed by atoms with Crippen molar-refractivity contribution in [3.05, 3.63) is 77.9 Å². The van der Waals surface area contributed by atoms with E-state index in [1.54, 1.807) is 41.9 Å². The molecule has 2 heterocycles. The molecule has 0 saturated carbocycles. The lowest BCUT2D eigenvalue weighted by Gasteiger charge is -2.15. The second kappa shape index (κ2) is 9.88. The van der Waals surface area contributed by atoms with Crippen molar-refractivity contribution in [2.24, 2.45) is 7.05 Å². The number of benzene rings is 3. The molecule has 0 aliphatic carbocycles. The molecule has 0 aliphatic rings. The minimum absolute atomic E-state index is 0.00493. The van der Waals surface area contributed by atoms with Gasteiger partial charge in [-0.1, -0.05) is 18.2 Å². The summed E-state index contributed by atoms with van der Waals surface area (Å²) >= 11 is 0. The standard InChI is InChI=1S/C28H24F5N5O/c1-27(2,30)14-34-13-16-9-22(28(31,32)33)24-23(10-16)36-26(39-24)18-6-4-5-17(11-18)20-8-7-19(29)12-21(20)25-37-35-15-38(25)3/h4-12,15,34H,13-14H2,1-3H3. The minimum atomic E-state index is -4.69. The Labute approximate surface area is 220 Å². The fraction of sp³-hybridized carbons (Fsp3) is 0.250. The van der Waals surface area contributed by atoms with Crippen LogP contribution in [-0.4, -0.2) is 32.0 Å². The highest BCUT2D eigenvalue weighted by Crippen LogP contribution is 2.39. The van der Waals surface area contributed by atoms with Crippen molar-refractivity contribution >= 4 is 11.1 Å². The van der Waals surface area contributed by atoms with Gasteiger partial charge in [0.05, 0.1) is 0 Å². The summed E-state index contributed by atoms with van der Waals surface area (Å²) < 4.78 is 77.1. The van der Waals surface area contributed by atoms with Gasteiger partial charge in [0, 0.05) is 31.3 Å². The quantitative estimate of drug-likeness (QED) is 0.226. The van der Waals surface area contributed by atoms with Crippen LogP contribution in [0.1, 0.15) is 25.0 Å². The van der Waals surface area contributed by atoms with Gasteiger partial charge in [0.15, 0.2) is 11.4 Å². The van der Waals surface area contributed by atoms with E-state index in [1.807, 2.05) is 0 Å². The van der Waals surface area contributed by atoms with Crippen LogP contribution >= 0.6 is 0 Å². The Morgan fingerprint density at radius 3 is 2.41 bits per heavy atom. The average Bonchev–Trinajstić information content (AvgIpc) is 3.48. The Morgan fingerprint density at radius 2 is 1.72 bits per heavy atom. The fourth-order valence-electron chi connectivity index (χ4n) is 4.33. The van der Waals surface area contributed by atoms with E-state index in [0.717, 1.165) is 6.07 Å². The van der Waals surface area contributed by atoms with Gasteiger partial charge in [0.1, 0.15) is 28.9 Å². The zero-order chi connectivity index (χ0) is 27.9. The summed E-state index contributed by atoms with van der Waals surface area (Å²) in [4.78, 5) is 4.35. The Hall–Kier alpha value is -4.12. The molecule has 6 nitrogen and oxygen atoms in total. The molecule has 202 valence electrons. The number of rotatable bonds is 7. The maximum absolute atomic E-state index is 14.2. The molecule has 3 aromatic carbocycles. The lowest BCUT2D eigenvalue weighted by atomic mass is 9.97. The van der Waals surface area contributed by atoms with E-state index < -0.39 is 23.2 Å². The highest BCUT2D eigenvalue weighted by molar-refractivity contribution is 5.84. The van der Waals surface area contributed by atoms with Crippen molar-refractivity contribution in [3.63, 3.8) is 0 Å². The summed E-state index contributed by atoms with van der Waals surface area (Å²) in [6.45, 7) is 2.76. The molecule has 5 rings (SSSR count). The van der Waals surface area contributed by atoms with Crippen LogP contribution in [0.3, 0.4) is 0 Å². The normalized spacial score (nSPS) is 12.4. The predicted octanol–water partition coefficient (Wildman–Crippen LogP) is 6.95. The summed E-state index contributed by atoms with van der Waals surface area (Å²) in [5, 5.41) is 10.8. The third-order valence-corrected chi connectivity index (χ3v) is 6.08. The molecule has 0 radical (unpaired) electrons. The maximum atomic E-state index is 14.2. The predicted molar refractivity (Wildman–Crippen MR) is 137 cm³/mol. The van der Waals surface area contributed by atoms with Crippen molar-refractivity contribution < 1.29 is 26.4 Å². The lowest BCUT2D eigenvalue weighted by molar-refractivity contribution is -0.136. The van der Waals surface area contributed by atoms with Gasteiger partial charge in [-0.15, -0.1) is 10.2 Å². The largest absolute Gasteiger partial charge is 0.435 e. The molecule has 0 fully saturated rings. The van der Waals surface area contributed by atoms with Gasteiger partial charge in [0.25, 0.3) is 0 Å². The number of alkyl halides is 4.